The molecule has 2 atom stereocenters. The molecular formula is C19H29N3O. The first kappa shape index (κ1) is 15.3. The van der Waals surface area contributed by atoms with Gasteiger partial charge >= 0.3 is 0 Å². The number of hydrogen-bond donors (Lipinski definition) is 2. The Morgan fingerprint density at radius 3 is 2.65 bits per heavy atom. The summed E-state index contributed by atoms with van der Waals surface area (Å²) in [6.45, 7) is 1.81. The predicted molar refractivity (Wildman–Crippen MR) is 93.8 cm³/mol. The molecule has 3 aliphatic rings. The van der Waals surface area contributed by atoms with Crippen LogP contribution in [0.25, 0.3) is 0 Å². The molecule has 1 saturated heterocycles. The molecule has 2 N–H and O–H groups in total. The summed E-state index contributed by atoms with van der Waals surface area (Å²) in [5.41, 5.74) is 1.19. The van der Waals surface area contributed by atoms with Crippen LogP contribution in [0.2, 0.25) is 0 Å². The van der Waals surface area contributed by atoms with Crippen LogP contribution in [-0.4, -0.2) is 35.3 Å². The standard InChI is InChI=1S/C19H29N3O/c23-17-8-11-22(12-9-17)19-18(5-2-10-20-19)21-16-4-1-3-15(13-16)14-6-7-14/h2,5,10,14-17,21,23H,1,3-4,6-9,11-13H2. The van der Waals surface area contributed by atoms with Gasteiger partial charge in [-0.3, -0.25) is 0 Å². The highest BCUT2D eigenvalue weighted by Gasteiger charge is 2.35. The van der Waals surface area contributed by atoms with Crippen molar-refractivity contribution in [3.63, 3.8) is 0 Å². The van der Waals surface area contributed by atoms with Crippen LogP contribution in [0.15, 0.2) is 18.3 Å². The van der Waals surface area contributed by atoms with Gasteiger partial charge in [-0.2, -0.15) is 0 Å². The van der Waals surface area contributed by atoms with Gasteiger partial charge in [-0.05, 0) is 62.5 Å². The Labute approximate surface area is 139 Å². The topological polar surface area (TPSA) is 48.4 Å². The quantitative estimate of drug-likeness (QED) is 0.894. The fourth-order valence-corrected chi connectivity index (χ4v) is 4.41. The Bertz CT molecular complexity index is 523. The van der Waals surface area contributed by atoms with Gasteiger partial charge in [0.05, 0.1) is 11.8 Å². The summed E-state index contributed by atoms with van der Waals surface area (Å²) in [5.74, 6) is 3.05. The van der Waals surface area contributed by atoms with Crippen molar-refractivity contribution in [3.8, 4) is 0 Å². The predicted octanol–water partition coefficient (Wildman–Crippen LogP) is 3.42. The summed E-state index contributed by atoms with van der Waals surface area (Å²) < 4.78 is 0. The zero-order valence-electron chi connectivity index (χ0n) is 14.0. The average molecular weight is 315 g/mol. The molecule has 0 bridgehead atoms. The molecule has 4 heteroatoms. The molecule has 4 rings (SSSR count). The lowest BCUT2D eigenvalue weighted by atomic mass is 9.82. The highest BCUT2D eigenvalue weighted by atomic mass is 16.3. The summed E-state index contributed by atoms with van der Waals surface area (Å²) in [6, 6.07) is 4.81. The van der Waals surface area contributed by atoms with Crippen LogP contribution in [-0.2, 0) is 0 Å². The minimum Gasteiger partial charge on any atom is -0.393 e. The lowest BCUT2D eigenvalue weighted by Crippen LogP contribution is -2.37. The van der Waals surface area contributed by atoms with E-state index in [0.717, 1.165) is 43.6 Å². The first-order chi connectivity index (χ1) is 11.3. The van der Waals surface area contributed by atoms with Crippen molar-refractivity contribution in [3.05, 3.63) is 18.3 Å². The van der Waals surface area contributed by atoms with Crippen molar-refractivity contribution < 1.29 is 5.11 Å². The zero-order valence-corrected chi connectivity index (χ0v) is 14.0. The Balaban J connectivity index is 1.44. The van der Waals surface area contributed by atoms with E-state index in [-0.39, 0.29) is 6.10 Å². The maximum absolute atomic E-state index is 9.73. The van der Waals surface area contributed by atoms with Crippen LogP contribution < -0.4 is 10.2 Å². The van der Waals surface area contributed by atoms with Gasteiger partial charge in [-0.15, -0.1) is 0 Å². The second-order valence-corrected chi connectivity index (χ2v) is 7.70. The summed E-state index contributed by atoms with van der Waals surface area (Å²) in [7, 11) is 0. The first-order valence-electron chi connectivity index (χ1n) is 9.44. The van der Waals surface area contributed by atoms with Crippen molar-refractivity contribution in [2.24, 2.45) is 11.8 Å². The van der Waals surface area contributed by atoms with Crippen LogP contribution in [0.1, 0.15) is 51.4 Å². The highest BCUT2D eigenvalue weighted by Crippen LogP contribution is 2.44. The van der Waals surface area contributed by atoms with Crippen LogP contribution in [0.3, 0.4) is 0 Å². The fraction of sp³-hybridized carbons (Fsp3) is 0.737. The van der Waals surface area contributed by atoms with Crippen LogP contribution >= 0.6 is 0 Å². The van der Waals surface area contributed by atoms with Crippen LogP contribution in [0.4, 0.5) is 11.5 Å². The maximum Gasteiger partial charge on any atom is 0.151 e. The van der Waals surface area contributed by atoms with Gasteiger partial charge in [0.2, 0.25) is 0 Å². The molecule has 0 amide bonds. The number of aliphatic hydroxyl groups excluding tert-OH is 1. The third-order valence-corrected chi connectivity index (χ3v) is 5.91. The molecule has 126 valence electrons. The van der Waals surface area contributed by atoms with Crippen LogP contribution in [0, 0.1) is 11.8 Å². The molecule has 0 aromatic carbocycles. The number of hydrogen-bond acceptors (Lipinski definition) is 4. The van der Waals surface area contributed by atoms with Crippen molar-refractivity contribution >= 4 is 11.5 Å². The number of nitrogens with zero attached hydrogens (tertiary/aromatic N) is 2. The van der Waals surface area contributed by atoms with E-state index in [9.17, 15) is 5.11 Å². The molecule has 3 fully saturated rings. The largest absolute Gasteiger partial charge is 0.393 e. The van der Waals surface area contributed by atoms with Crippen molar-refractivity contribution in [1.82, 2.24) is 4.98 Å². The number of pyridine rings is 1. The lowest BCUT2D eigenvalue weighted by molar-refractivity contribution is 0.145. The second kappa shape index (κ2) is 6.68. The highest BCUT2D eigenvalue weighted by molar-refractivity contribution is 5.66. The molecule has 2 aliphatic carbocycles. The Kier molecular flexibility index (Phi) is 4.43. The Morgan fingerprint density at radius 1 is 1.04 bits per heavy atom. The molecule has 1 aliphatic heterocycles. The summed E-state index contributed by atoms with van der Waals surface area (Å²) in [6.07, 6.45) is 11.8. The molecule has 1 aromatic rings. The van der Waals surface area contributed by atoms with Gasteiger partial charge in [0.25, 0.3) is 0 Å². The minimum absolute atomic E-state index is 0.135. The summed E-state index contributed by atoms with van der Waals surface area (Å²) >= 11 is 0. The molecule has 4 nitrogen and oxygen atoms in total. The number of aromatic nitrogens is 1. The number of anilines is 2. The van der Waals surface area contributed by atoms with Crippen molar-refractivity contribution in [1.29, 1.82) is 0 Å². The summed E-state index contributed by atoms with van der Waals surface area (Å²) in [5, 5.41) is 13.5. The van der Waals surface area contributed by atoms with E-state index in [1.54, 1.807) is 0 Å². The van der Waals surface area contributed by atoms with Gasteiger partial charge in [0.15, 0.2) is 5.82 Å². The zero-order chi connectivity index (χ0) is 15.6. The van der Waals surface area contributed by atoms with E-state index < -0.39 is 0 Å². The number of rotatable bonds is 4. The van der Waals surface area contributed by atoms with Crippen molar-refractivity contribution in [2.45, 2.75) is 63.5 Å². The van der Waals surface area contributed by atoms with Crippen molar-refractivity contribution in [2.75, 3.05) is 23.3 Å². The number of nitrogens with one attached hydrogen (secondary N) is 1. The maximum atomic E-state index is 9.73. The van der Waals surface area contributed by atoms with E-state index in [1.165, 1.54) is 44.2 Å². The molecular weight excluding hydrogens is 286 g/mol. The van der Waals surface area contributed by atoms with Gasteiger partial charge in [-0.1, -0.05) is 12.8 Å². The van der Waals surface area contributed by atoms with Gasteiger partial charge in [0.1, 0.15) is 0 Å². The van der Waals surface area contributed by atoms with Gasteiger partial charge in [0, 0.05) is 25.3 Å². The Hall–Kier alpha value is -1.29. The monoisotopic (exact) mass is 315 g/mol. The molecule has 0 spiro atoms. The molecule has 2 saturated carbocycles. The normalized spacial score (nSPS) is 29.5. The Morgan fingerprint density at radius 2 is 1.87 bits per heavy atom. The van der Waals surface area contributed by atoms with Gasteiger partial charge < -0.3 is 15.3 Å². The average Bonchev–Trinajstić information content (AvgIpc) is 3.42. The molecule has 2 heterocycles. The van der Waals surface area contributed by atoms with E-state index in [4.69, 9.17) is 0 Å². The van der Waals surface area contributed by atoms with E-state index in [2.05, 4.69) is 21.3 Å². The summed E-state index contributed by atoms with van der Waals surface area (Å²) in [4.78, 5) is 6.97. The second-order valence-electron chi connectivity index (χ2n) is 7.70. The third kappa shape index (κ3) is 3.63. The van der Waals surface area contributed by atoms with E-state index in [1.807, 2.05) is 12.3 Å². The smallest absolute Gasteiger partial charge is 0.151 e. The van der Waals surface area contributed by atoms with Gasteiger partial charge in [-0.25, -0.2) is 4.98 Å². The number of piperidine rings is 1. The molecule has 2 unspecified atom stereocenters. The molecule has 1 aromatic heterocycles. The third-order valence-electron chi connectivity index (χ3n) is 5.91. The first-order valence-corrected chi connectivity index (χ1v) is 9.44. The van der Waals surface area contributed by atoms with Crippen LogP contribution in [0.5, 0.6) is 0 Å². The number of aliphatic hydroxyl groups is 1. The minimum atomic E-state index is -0.135. The van der Waals surface area contributed by atoms with E-state index >= 15 is 0 Å². The SMILES string of the molecule is OC1CCN(c2ncccc2NC2CCCC(C3CC3)C2)CC1. The molecule has 23 heavy (non-hydrogen) atoms. The molecule has 0 radical (unpaired) electrons. The fourth-order valence-electron chi connectivity index (χ4n) is 4.41. The lowest BCUT2D eigenvalue weighted by Gasteiger charge is -2.34. The van der Waals surface area contributed by atoms with E-state index in [0.29, 0.717) is 6.04 Å².